The van der Waals surface area contributed by atoms with E-state index in [2.05, 4.69) is 11.3 Å². The van der Waals surface area contributed by atoms with Gasteiger partial charge in [0, 0.05) is 0 Å². The average molecular weight is 302 g/mol. The van der Waals surface area contributed by atoms with Crippen molar-refractivity contribution in [1.82, 2.24) is 0 Å². The van der Waals surface area contributed by atoms with E-state index in [1.165, 1.54) is 25.1 Å². The van der Waals surface area contributed by atoms with Crippen LogP contribution in [0.3, 0.4) is 0 Å². The molecule has 1 atom stereocenters. The summed E-state index contributed by atoms with van der Waals surface area (Å²) < 4.78 is 34.0. The number of aliphatic hydroxyl groups is 1. The number of esters is 1. The van der Waals surface area contributed by atoms with E-state index in [4.69, 9.17) is 9.66 Å². The molecule has 0 saturated heterocycles. The molecule has 0 aliphatic carbocycles. The Morgan fingerprint density at radius 2 is 1.90 bits per heavy atom. The first-order valence-electron chi connectivity index (χ1n) is 5.68. The highest BCUT2D eigenvalue weighted by Gasteiger charge is 2.07. The van der Waals surface area contributed by atoms with E-state index in [0.717, 1.165) is 5.56 Å². The van der Waals surface area contributed by atoms with Crippen LogP contribution >= 0.6 is 0 Å². The van der Waals surface area contributed by atoms with Crippen molar-refractivity contribution >= 4 is 16.1 Å². The highest BCUT2D eigenvalue weighted by Crippen LogP contribution is 2.08. The van der Waals surface area contributed by atoms with Crippen LogP contribution < -0.4 is 0 Å². The molecule has 7 heteroatoms. The molecule has 2 N–H and O–H groups in total. The number of rotatable bonds is 4. The lowest BCUT2D eigenvalue weighted by Gasteiger charge is -2.01. The van der Waals surface area contributed by atoms with Crippen molar-refractivity contribution in [3.05, 3.63) is 42.5 Å². The molecule has 0 heterocycles. The second-order valence-electron chi connectivity index (χ2n) is 3.88. The van der Waals surface area contributed by atoms with Gasteiger partial charge in [0.2, 0.25) is 0 Å². The zero-order valence-corrected chi connectivity index (χ0v) is 12.1. The van der Waals surface area contributed by atoms with Crippen molar-refractivity contribution in [3.8, 4) is 0 Å². The topological polar surface area (TPSA) is 101 Å². The molecule has 20 heavy (non-hydrogen) atoms. The number of benzene rings is 1. The van der Waals surface area contributed by atoms with Gasteiger partial charge in [0.15, 0.2) is 0 Å². The van der Waals surface area contributed by atoms with E-state index >= 15 is 0 Å². The Hall–Kier alpha value is -1.70. The fourth-order valence-corrected chi connectivity index (χ4v) is 1.45. The fraction of sp³-hybridized carbons (Fsp3) is 0.308. The maximum atomic E-state index is 10.5. The third-order valence-electron chi connectivity index (χ3n) is 2.00. The first-order valence-corrected chi connectivity index (χ1v) is 7.12. The Bertz CT molecular complexity index is 530. The van der Waals surface area contributed by atoms with Crippen molar-refractivity contribution in [2.45, 2.75) is 24.8 Å². The molecule has 0 spiro atoms. The summed E-state index contributed by atoms with van der Waals surface area (Å²) in [5, 5.41) is 8.54. The van der Waals surface area contributed by atoms with Crippen LogP contribution in [-0.4, -0.2) is 36.8 Å². The summed E-state index contributed by atoms with van der Waals surface area (Å²) in [6.45, 7) is 6.68. The second-order valence-corrected chi connectivity index (χ2v) is 5.30. The van der Waals surface area contributed by atoms with E-state index in [0.29, 0.717) is 0 Å². The first kappa shape index (κ1) is 18.3. The molecular weight excluding hydrogens is 284 g/mol. The van der Waals surface area contributed by atoms with Crippen LogP contribution in [0, 0.1) is 6.92 Å². The number of hydrogen-bond donors (Lipinski definition) is 2. The van der Waals surface area contributed by atoms with Gasteiger partial charge in [-0.3, -0.25) is 4.55 Å². The number of ether oxygens (including phenoxy) is 1. The summed E-state index contributed by atoms with van der Waals surface area (Å²) in [4.78, 5) is 10.3. The molecule has 1 unspecified atom stereocenters. The molecule has 1 rings (SSSR count). The standard InChI is InChI=1S/C7H8O3S.C6H10O3/c1-6-2-4-7(5-3-6)11(8,9)10;1-3-4-9-6(8)5(2)7/h2-5H,1H3,(H,8,9,10);3,5,7H,1,4H2,2H3. The largest absolute Gasteiger partial charge is 0.460 e. The van der Waals surface area contributed by atoms with Crippen LogP contribution in [0.15, 0.2) is 41.8 Å². The minimum Gasteiger partial charge on any atom is -0.460 e. The molecule has 0 fully saturated rings. The number of carbonyl (C=O) groups excluding carboxylic acids is 1. The van der Waals surface area contributed by atoms with Gasteiger partial charge < -0.3 is 9.84 Å². The number of hydrogen-bond acceptors (Lipinski definition) is 5. The van der Waals surface area contributed by atoms with Gasteiger partial charge in [-0.05, 0) is 26.0 Å². The Kier molecular flexibility index (Phi) is 7.75. The lowest BCUT2D eigenvalue weighted by Crippen LogP contribution is -2.19. The zero-order chi connectivity index (χ0) is 15.8. The molecule has 0 amide bonds. The smallest absolute Gasteiger partial charge is 0.334 e. The molecule has 1 aromatic carbocycles. The van der Waals surface area contributed by atoms with Crippen LogP contribution in [0.4, 0.5) is 0 Å². The van der Waals surface area contributed by atoms with E-state index in [-0.39, 0.29) is 11.5 Å². The van der Waals surface area contributed by atoms with Crippen molar-refractivity contribution < 1.29 is 27.6 Å². The molecule has 0 radical (unpaired) electrons. The summed E-state index contributed by atoms with van der Waals surface area (Å²) in [7, 11) is -4.02. The Morgan fingerprint density at radius 3 is 2.25 bits per heavy atom. The predicted molar refractivity (Wildman–Crippen MR) is 73.8 cm³/mol. The summed E-state index contributed by atoms with van der Waals surface area (Å²) in [6, 6.07) is 5.99. The first-order chi connectivity index (χ1) is 9.18. The van der Waals surface area contributed by atoms with Gasteiger partial charge in [0.05, 0.1) is 4.90 Å². The molecule has 0 aromatic heterocycles. The Labute approximate surface area is 118 Å². The molecule has 0 bridgehead atoms. The number of aryl methyl sites for hydroxylation is 1. The molecule has 1 aromatic rings. The molecule has 0 aliphatic heterocycles. The van der Waals surface area contributed by atoms with Gasteiger partial charge in [-0.25, -0.2) is 4.79 Å². The second kappa shape index (κ2) is 8.47. The maximum absolute atomic E-state index is 10.5. The lowest BCUT2D eigenvalue weighted by molar-refractivity contribution is -0.151. The minimum atomic E-state index is -4.02. The predicted octanol–water partition coefficient (Wildman–Crippen LogP) is 1.34. The van der Waals surface area contributed by atoms with E-state index in [1.807, 2.05) is 6.92 Å². The molecule has 112 valence electrons. The molecule has 0 saturated carbocycles. The van der Waals surface area contributed by atoms with Gasteiger partial charge >= 0.3 is 5.97 Å². The van der Waals surface area contributed by atoms with Crippen molar-refractivity contribution in [2.24, 2.45) is 0 Å². The Balaban J connectivity index is 0.000000370. The summed E-state index contributed by atoms with van der Waals surface area (Å²) in [5.74, 6) is -0.616. The van der Waals surface area contributed by atoms with Crippen LogP contribution in [0.1, 0.15) is 12.5 Å². The van der Waals surface area contributed by atoms with Crippen LogP contribution in [0.2, 0.25) is 0 Å². The molecular formula is C13H18O6S. The van der Waals surface area contributed by atoms with E-state index < -0.39 is 22.2 Å². The quantitative estimate of drug-likeness (QED) is 0.494. The number of carbonyl (C=O) groups is 1. The van der Waals surface area contributed by atoms with E-state index in [9.17, 15) is 13.2 Å². The van der Waals surface area contributed by atoms with Gasteiger partial charge in [-0.15, -0.1) is 0 Å². The van der Waals surface area contributed by atoms with Crippen molar-refractivity contribution in [1.29, 1.82) is 0 Å². The van der Waals surface area contributed by atoms with Crippen molar-refractivity contribution in [2.75, 3.05) is 6.61 Å². The summed E-state index contributed by atoms with van der Waals surface area (Å²) in [6.07, 6.45) is 0.408. The lowest BCUT2D eigenvalue weighted by atomic mass is 10.2. The summed E-state index contributed by atoms with van der Waals surface area (Å²) >= 11 is 0. The fourth-order valence-electron chi connectivity index (χ4n) is 0.972. The monoisotopic (exact) mass is 302 g/mol. The van der Waals surface area contributed by atoms with Gasteiger partial charge in [-0.1, -0.05) is 30.4 Å². The molecule has 6 nitrogen and oxygen atoms in total. The van der Waals surface area contributed by atoms with Crippen LogP contribution in [0.25, 0.3) is 0 Å². The zero-order valence-electron chi connectivity index (χ0n) is 11.3. The van der Waals surface area contributed by atoms with Crippen LogP contribution in [-0.2, 0) is 19.6 Å². The highest BCUT2D eigenvalue weighted by atomic mass is 32.2. The third kappa shape index (κ3) is 7.67. The van der Waals surface area contributed by atoms with Crippen LogP contribution in [0.5, 0.6) is 0 Å². The third-order valence-corrected chi connectivity index (χ3v) is 2.87. The number of aliphatic hydroxyl groups excluding tert-OH is 1. The normalized spacial score (nSPS) is 11.8. The maximum Gasteiger partial charge on any atom is 0.334 e. The molecule has 0 aliphatic rings. The average Bonchev–Trinajstić information content (AvgIpc) is 2.36. The Morgan fingerprint density at radius 1 is 1.40 bits per heavy atom. The van der Waals surface area contributed by atoms with Gasteiger partial charge in [0.1, 0.15) is 12.7 Å². The SMILES string of the molecule is C=CCOC(=O)C(C)O.Cc1ccc(S(=O)(=O)O)cc1. The summed E-state index contributed by atoms with van der Waals surface area (Å²) in [5.41, 5.74) is 0.956. The van der Waals surface area contributed by atoms with Gasteiger partial charge in [0.25, 0.3) is 10.1 Å². The van der Waals surface area contributed by atoms with Crippen molar-refractivity contribution in [3.63, 3.8) is 0 Å². The van der Waals surface area contributed by atoms with Gasteiger partial charge in [-0.2, -0.15) is 8.42 Å². The van der Waals surface area contributed by atoms with E-state index in [1.54, 1.807) is 12.1 Å². The minimum absolute atomic E-state index is 0.0666. The highest BCUT2D eigenvalue weighted by molar-refractivity contribution is 7.85.